The van der Waals surface area contributed by atoms with E-state index in [0.29, 0.717) is 12.5 Å². The predicted octanol–water partition coefficient (Wildman–Crippen LogP) is 1.04. The van der Waals surface area contributed by atoms with E-state index in [1.807, 2.05) is 13.0 Å². The molecule has 0 aliphatic rings. The van der Waals surface area contributed by atoms with Gasteiger partial charge in [0.1, 0.15) is 0 Å². The Balaban J connectivity index is 2.88. The largest absolute Gasteiger partial charge is 0.481 e. The smallest absolute Gasteiger partial charge is 0.213 e. The Morgan fingerprint density at radius 1 is 1.50 bits per heavy atom. The summed E-state index contributed by atoms with van der Waals surface area (Å²) in [5, 5.41) is 0. The number of aromatic nitrogens is 1. The number of ether oxygens (including phenoxy) is 2. The van der Waals surface area contributed by atoms with E-state index in [4.69, 9.17) is 15.2 Å². The molecule has 14 heavy (non-hydrogen) atoms. The number of nitrogens with two attached hydrogens (primary N) is 1. The molecule has 4 heteroatoms. The van der Waals surface area contributed by atoms with E-state index in [0.717, 1.165) is 11.1 Å². The summed E-state index contributed by atoms with van der Waals surface area (Å²) in [4.78, 5) is 4.10. The quantitative estimate of drug-likeness (QED) is 0.781. The van der Waals surface area contributed by atoms with Crippen molar-refractivity contribution >= 4 is 0 Å². The molecule has 78 valence electrons. The van der Waals surface area contributed by atoms with Gasteiger partial charge in [-0.1, -0.05) is 0 Å². The van der Waals surface area contributed by atoms with E-state index in [1.54, 1.807) is 20.4 Å². The highest BCUT2D eigenvalue weighted by atomic mass is 16.5. The fourth-order valence-corrected chi connectivity index (χ4v) is 1.31. The molecule has 0 saturated carbocycles. The molecular formula is C10H16N2O2. The minimum atomic E-state index is -0.126. The van der Waals surface area contributed by atoms with E-state index in [2.05, 4.69) is 4.98 Å². The highest BCUT2D eigenvalue weighted by Crippen LogP contribution is 2.18. The van der Waals surface area contributed by atoms with Crippen LogP contribution in [-0.2, 0) is 4.74 Å². The van der Waals surface area contributed by atoms with Crippen LogP contribution in [0, 0.1) is 6.92 Å². The first kappa shape index (κ1) is 10.9. The van der Waals surface area contributed by atoms with Gasteiger partial charge < -0.3 is 15.2 Å². The number of rotatable bonds is 4. The van der Waals surface area contributed by atoms with Crippen molar-refractivity contribution in [2.75, 3.05) is 20.8 Å². The van der Waals surface area contributed by atoms with Gasteiger partial charge in [-0.15, -0.1) is 0 Å². The minimum Gasteiger partial charge on any atom is -0.481 e. The number of nitrogens with zero attached hydrogens (tertiary/aromatic N) is 1. The van der Waals surface area contributed by atoms with Gasteiger partial charge in [-0.2, -0.15) is 0 Å². The van der Waals surface area contributed by atoms with Crippen molar-refractivity contribution in [3.05, 3.63) is 23.4 Å². The molecule has 0 aliphatic heterocycles. The summed E-state index contributed by atoms with van der Waals surface area (Å²) in [6.07, 6.45) is 1.73. The average molecular weight is 196 g/mol. The van der Waals surface area contributed by atoms with Crippen LogP contribution in [-0.4, -0.2) is 25.8 Å². The Labute approximate surface area is 84.0 Å². The van der Waals surface area contributed by atoms with Gasteiger partial charge in [0.15, 0.2) is 0 Å². The lowest BCUT2D eigenvalue weighted by Gasteiger charge is -2.13. The molecule has 0 spiro atoms. The number of aryl methyl sites for hydroxylation is 1. The van der Waals surface area contributed by atoms with Crippen LogP contribution in [0.3, 0.4) is 0 Å². The Morgan fingerprint density at radius 3 is 2.71 bits per heavy atom. The van der Waals surface area contributed by atoms with Crippen molar-refractivity contribution in [3.8, 4) is 5.88 Å². The van der Waals surface area contributed by atoms with Crippen molar-refractivity contribution in [2.24, 2.45) is 5.73 Å². The van der Waals surface area contributed by atoms with Gasteiger partial charge in [-0.3, -0.25) is 0 Å². The van der Waals surface area contributed by atoms with E-state index in [1.165, 1.54) is 0 Å². The highest BCUT2D eigenvalue weighted by Gasteiger charge is 2.09. The van der Waals surface area contributed by atoms with Gasteiger partial charge in [0.05, 0.1) is 19.8 Å². The Kier molecular flexibility index (Phi) is 3.85. The number of hydrogen-bond acceptors (Lipinski definition) is 4. The minimum absolute atomic E-state index is 0.126. The SMILES string of the molecule is COC[C@H](N)c1cnc(OC)cc1C. The molecule has 1 heterocycles. The van der Waals surface area contributed by atoms with Crippen LogP contribution < -0.4 is 10.5 Å². The molecule has 0 amide bonds. The van der Waals surface area contributed by atoms with E-state index in [-0.39, 0.29) is 6.04 Å². The molecule has 0 aliphatic carbocycles. The van der Waals surface area contributed by atoms with Crippen molar-refractivity contribution in [3.63, 3.8) is 0 Å². The third kappa shape index (κ3) is 2.43. The van der Waals surface area contributed by atoms with Crippen molar-refractivity contribution in [1.29, 1.82) is 0 Å². The Bertz CT molecular complexity index is 302. The van der Waals surface area contributed by atoms with E-state index in [9.17, 15) is 0 Å². The second-order valence-corrected chi connectivity index (χ2v) is 3.15. The molecule has 0 bridgehead atoms. The first-order valence-electron chi connectivity index (χ1n) is 4.44. The molecule has 0 saturated heterocycles. The number of pyridine rings is 1. The third-order valence-electron chi connectivity index (χ3n) is 2.08. The molecule has 0 fully saturated rings. The van der Waals surface area contributed by atoms with Crippen LogP contribution in [0.2, 0.25) is 0 Å². The third-order valence-corrected chi connectivity index (χ3v) is 2.08. The zero-order chi connectivity index (χ0) is 10.6. The first-order valence-corrected chi connectivity index (χ1v) is 4.44. The number of methoxy groups -OCH3 is 2. The highest BCUT2D eigenvalue weighted by molar-refractivity contribution is 5.30. The summed E-state index contributed by atoms with van der Waals surface area (Å²) in [6, 6.07) is 1.74. The molecule has 0 radical (unpaired) electrons. The molecular weight excluding hydrogens is 180 g/mol. The summed E-state index contributed by atoms with van der Waals surface area (Å²) in [5.74, 6) is 0.607. The predicted molar refractivity (Wildman–Crippen MR) is 54.3 cm³/mol. The monoisotopic (exact) mass is 196 g/mol. The van der Waals surface area contributed by atoms with E-state index < -0.39 is 0 Å². The molecule has 4 nitrogen and oxygen atoms in total. The normalized spacial score (nSPS) is 12.6. The van der Waals surface area contributed by atoms with Crippen molar-refractivity contribution in [2.45, 2.75) is 13.0 Å². The maximum atomic E-state index is 5.89. The van der Waals surface area contributed by atoms with Crippen LogP contribution in [0.15, 0.2) is 12.3 Å². The summed E-state index contributed by atoms with van der Waals surface area (Å²) < 4.78 is 9.99. The zero-order valence-electron chi connectivity index (χ0n) is 8.78. The van der Waals surface area contributed by atoms with Crippen LogP contribution >= 0.6 is 0 Å². The van der Waals surface area contributed by atoms with Gasteiger partial charge >= 0.3 is 0 Å². The van der Waals surface area contributed by atoms with Gasteiger partial charge in [0, 0.05) is 19.4 Å². The second-order valence-electron chi connectivity index (χ2n) is 3.15. The zero-order valence-corrected chi connectivity index (χ0v) is 8.78. The lowest BCUT2D eigenvalue weighted by molar-refractivity contribution is 0.180. The summed E-state index contributed by atoms with van der Waals surface area (Å²) in [5.41, 5.74) is 7.96. The van der Waals surface area contributed by atoms with Gasteiger partial charge in [-0.05, 0) is 18.1 Å². The lowest BCUT2D eigenvalue weighted by atomic mass is 10.1. The molecule has 1 atom stereocenters. The van der Waals surface area contributed by atoms with Crippen LogP contribution in [0.25, 0.3) is 0 Å². The first-order chi connectivity index (χ1) is 6.69. The van der Waals surface area contributed by atoms with Gasteiger partial charge in [0.25, 0.3) is 0 Å². The summed E-state index contributed by atoms with van der Waals surface area (Å²) >= 11 is 0. The lowest BCUT2D eigenvalue weighted by Crippen LogP contribution is -2.17. The molecule has 0 unspecified atom stereocenters. The van der Waals surface area contributed by atoms with Crippen LogP contribution in [0.4, 0.5) is 0 Å². The van der Waals surface area contributed by atoms with Crippen molar-refractivity contribution in [1.82, 2.24) is 4.98 Å². The maximum Gasteiger partial charge on any atom is 0.213 e. The molecule has 1 aromatic rings. The molecule has 0 aromatic carbocycles. The molecule has 2 N–H and O–H groups in total. The topological polar surface area (TPSA) is 57.4 Å². The number of hydrogen-bond donors (Lipinski definition) is 1. The fraction of sp³-hybridized carbons (Fsp3) is 0.500. The average Bonchev–Trinajstić information content (AvgIpc) is 2.17. The fourth-order valence-electron chi connectivity index (χ4n) is 1.31. The molecule has 1 aromatic heterocycles. The Hall–Kier alpha value is -1.13. The molecule has 1 rings (SSSR count). The standard InChI is InChI=1S/C10H16N2O2/c1-7-4-10(14-3)12-5-8(7)9(11)6-13-2/h4-5,9H,6,11H2,1-3H3/t9-/m0/s1. The van der Waals surface area contributed by atoms with Crippen molar-refractivity contribution < 1.29 is 9.47 Å². The maximum absolute atomic E-state index is 5.89. The Morgan fingerprint density at radius 2 is 2.21 bits per heavy atom. The van der Waals surface area contributed by atoms with E-state index >= 15 is 0 Å². The summed E-state index contributed by atoms with van der Waals surface area (Å²) in [7, 11) is 3.22. The second kappa shape index (κ2) is 4.93. The van der Waals surface area contributed by atoms with Crippen LogP contribution in [0.1, 0.15) is 17.2 Å². The van der Waals surface area contributed by atoms with Gasteiger partial charge in [0.2, 0.25) is 5.88 Å². The summed E-state index contributed by atoms with van der Waals surface area (Å²) in [6.45, 7) is 2.48. The van der Waals surface area contributed by atoms with Gasteiger partial charge in [-0.25, -0.2) is 4.98 Å². The van der Waals surface area contributed by atoms with Crippen LogP contribution in [0.5, 0.6) is 5.88 Å².